The van der Waals surface area contributed by atoms with Gasteiger partial charge in [0.15, 0.2) is 0 Å². The fourth-order valence-electron chi connectivity index (χ4n) is 1.59. The first-order chi connectivity index (χ1) is 4.23. The lowest BCUT2D eigenvalue weighted by Gasteiger charge is -1.95. The molecule has 0 unspecified atom stereocenters. The summed E-state index contributed by atoms with van der Waals surface area (Å²) in [7, 11) is 0. The van der Waals surface area contributed by atoms with E-state index in [2.05, 4.69) is 12.2 Å². The molecule has 0 aliphatic heterocycles. The van der Waals surface area contributed by atoms with Crippen LogP contribution in [0.2, 0.25) is 0 Å². The highest BCUT2D eigenvalue weighted by atomic mass is 35.5. The quantitative estimate of drug-likeness (QED) is 0.380. The number of halogens is 2. The monoisotopic (exact) mass is 162 g/mol. The molecule has 2 heteroatoms. The Morgan fingerprint density at radius 3 is 1.89 bits per heavy atom. The van der Waals surface area contributed by atoms with E-state index in [1.54, 1.807) is 0 Å². The maximum atomic E-state index is 5.94. The number of rotatable bonds is 0. The highest BCUT2D eigenvalue weighted by molar-refractivity contribution is 6.51. The van der Waals surface area contributed by atoms with E-state index < -0.39 is 0 Å². The Morgan fingerprint density at radius 1 is 1.11 bits per heavy atom. The number of hydrogen-bond acceptors (Lipinski definition) is 0. The molecule has 0 saturated heterocycles. The summed E-state index contributed by atoms with van der Waals surface area (Å²) in [5, 5.41) is 0. The minimum atomic E-state index is -0.372. The summed E-state index contributed by atoms with van der Waals surface area (Å²) in [5.74, 6) is 1.12. The Hall–Kier alpha value is 0.320. The number of hydrogen-bond donors (Lipinski definition) is 0. The third-order valence-electron chi connectivity index (χ3n) is 2.31. The van der Waals surface area contributed by atoms with Crippen molar-refractivity contribution in [2.24, 2.45) is 11.8 Å². The summed E-state index contributed by atoms with van der Waals surface area (Å²) in [6.07, 6.45) is 6.51. The lowest BCUT2D eigenvalue weighted by molar-refractivity contribution is 0.689. The third kappa shape index (κ3) is 0.731. The molecule has 2 aliphatic rings. The number of fused-ring (bicyclic) bond motifs is 1. The normalized spacial score (nSPS) is 44.2. The van der Waals surface area contributed by atoms with Crippen LogP contribution in [-0.4, -0.2) is 4.33 Å². The molecular weight excluding hydrogens is 155 g/mol. The van der Waals surface area contributed by atoms with E-state index in [4.69, 9.17) is 23.2 Å². The zero-order chi connectivity index (χ0) is 6.48. The molecule has 2 rings (SSSR count). The highest BCUT2D eigenvalue weighted by Gasteiger charge is 2.62. The smallest absolute Gasteiger partial charge is 0.101 e. The van der Waals surface area contributed by atoms with E-state index in [9.17, 15) is 0 Å². The predicted octanol–water partition coefficient (Wildman–Crippen LogP) is 2.76. The molecule has 9 heavy (non-hydrogen) atoms. The van der Waals surface area contributed by atoms with Gasteiger partial charge in [0.1, 0.15) is 4.33 Å². The summed E-state index contributed by atoms with van der Waals surface area (Å²) < 4.78 is -0.372. The SMILES string of the molecule is ClC1(Cl)[C@H]2CC=CC[C@@H]21. The van der Waals surface area contributed by atoms with Crippen LogP contribution in [0.4, 0.5) is 0 Å². The Labute approximate surface area is 64.8 Å². The zero-order valence-corrected chi connectivity index (χ0v) is 6.49. The molecule has 0 radical (unpaired) electrons. The fraction of sp³-hybridized carbons (Fsp3) is 0.714. The van der Waals surface area contributed by atoms with Gasteiger partial charge >= 0.3 is 0 Å². The van der Waals surface area contributed by atoms with Gasteiger partial charge in [0.25, 0.3) is 0 Å². The summed E-state index contributed by atoms with van der Waals surface area (Å²) in [6.45, 7) is 0. The van der Waals surface area contributed by atoms with Crippen LogP contribution in [0.5, 0.6) is 0 Å². The van der Waals surface area contributed by atoms with Gasteiger partial charge in [-0.2, -0.15) is 0 Å². The van der Waals surface area contributed by atoms with Crippen LogP contribution in [-0.2, 0) is 0 Å². The van der Waals surface area contributed by atoms with Crippen molar-refractivity contribution in [2.75, 3.05) is 0 Å². The van der Waals surface area contributed by atoms with E-state index in [1.807, 2.05) is 0 Å². The van der Waals surface area contributed by atoms with Gasteiger partial charge in [-0.15, -0.1) is 23.2 Å². The van der Waals surface area contributed by atoms with E-state index >= 15 is 0 Å². The van der Waals surface area contributed by atoms with E-state index in [1.165, 1.54) is 0 Å². The van der Waals surface area contributed by atoms with Crippen molar-refractivity contribution in [1.82, 2.24) is 0 Å². The lowest BCUT2D eigenvalue weighted by Crippen LogP contribution is -1.87. The highest BCUT2D eigenvalue weighted by Crippen LogP contribution is 2.63. The maximum Gasteiger partial charge on any atom is 0.125 e. The molecule has 50 valence electrons. The van der Waals surface area contributed by atoms with Gasteiger partial charge in [-0.25, -0.2) is 0 Å². The van der Waals surface area contributed by atoms with Crippen molar-refractivity contribution in [3.8, 4) is 0 Å². The first-order valence-corrected chi connectivity index (χ1v) is 4.01. The molecule has 1 saturated carbocycles. The van der Waals surface area contributed by atoms with Crippen LogP contribution in [0.15, 0.2) is 12.2 Å². The molecule has 0 heterocycles. The first kappa shape index (κ1) is 6.06. The second-order valence-electron chi connectivity index (χ2n) is 2.83. The lowest BCUT2D eigenvalue weighted by atomic mass is 10.1. The summed E-state index contributed by atoms with van der Waals surface area (Å²) >= 11 is 11.9. The largest absolute Gasteiger partial charge is 0.125 e. The molecule has 0 aromatic rings. The van der Waals surface area contributed by atoms with Crippen LogP contribution >= 0.6 is 23.2 Å². The van der Waals surface area contributed by atoms with Gasteiger partial charge in [0.2, 0.25) is 0 Å². The Bertz CT molecular complexity index is 144. The van der Waals surface area contributed by atoms with E-state index in [0.717, 1.165) is 12.8 Å². The van der Waals surface area contributed by atoms with Crippen LogP contribution in [0.3, 0.4) is 0 Å². The van der Waals surface area contributed by atoms with E-state index in [0.29, 0.717) is 11.8 Å². The molecule has 0 amide bonds. The van der Waals surface area contributed by atoms with Crippen LogP contribution in [0.1, 0.15) is 12.8 Å². The standard InChI is InChI=1S/C7H8Cl2/c8-7(9)5-3-1-2-4-6(5)7/h1-2,5-6H,3-4H2/t5-,6-/m0/s1. The maximum absolute atomic E-state index is 5.94. The zero-order valence-electron chi connectivity index (χ0n) is 4.98. The topological polar surface area (TPSA) is 0 Å². The van der Waals surface area contributed by atoms with Gasteiger partial charge in [-0.05, 0) is 12.8 Å². The van der Waals surface area contributed by atoms with E-state index in [-0.39, 0.29) is 4.33 Å². The average molecular weight is 163 g/mol. The number of allylic oxidation sites excluding steroid dienone is 2. The molecule has 0 N–H and O–H groups in total. The van der Waals surface area contributed by atoms with Crippen molar-refractivity contribution < 1.29 is 0 Å². The third-order valence-corrected chi connectivity index (χ3v) is 3.43. The van der Waals surface area contributed by atoms with Crippen molar-refractivity contribution in [3.63, 3.8) is 0 Å². The predicted molar refractivity (Wildman–Crippen MR) is 39.8 cm³/mol. The molecule has 0 nitrogen and oxygen atoms in total. The van der Waals surface area contributed by atoms with Gasteiger partial charge in [-0.1, -0.05) is 12.2 Å². The first-order valence-electron chi connectivity index (χ1n) is 3.25. The molecule has 0 aromatic carbocycles. The minimum absolute atomic E-state index is 0.372. The minimum Gasteiger partial charge on any atom is -0.101 e. The van der Waals surface area contributed by atoms with Crippen molar-refractivity contribution in [3.05, 3.63) is 12.2 Å². The Kier molecular flexibility index (Phi) is 1.13. The Balaban J connectivity index is 2.14. The molecule has 1 fully saturated rings. The Morgan fingerprint density at radius 2 is 1.56 bits per heavy atom. The molecule has 0 spiro atoms. The van der Waals surface area contributed by atoms with Gasteiger partial charge < -0.3 is 0 Å². The van der Waals surface area contributed by atoms with Gasteiger partial charge in [0, 0.05) is 11.8 Å². The van der Waals surface area contributed by atoms with Crippen LogP contribution in [0, 0.1) is 11.8 Å². The van der Waals surface area contributed by atoms with Crippen LogP contribution in [0.25, 0.3) is 0 Å². The second-order valence-corrected chi connectivity index (χ2v) is 4.27. The molecular formula is C7H8Cl2. The van der Waals surface area contributed by atoms with Gasteiger partial charge in [0.05, 0.1) is 0 Å². The molecule has 2 atom stereocenters. The second kappa shape index (κ2) is 1.67. The summed E-state index contributed by atoms with van der Waals surface area (Å²) in [4.78, 5) is 0. The summed E-state index contributed by atoms with van der Waals surface area (Å²) in [6, 6.07) is 0. The van der Waals surface area contributed by atoms with Gasteiger partial charge in [-0.3, -0.25) is 0 Å². The number of alkyl halides is 2. The molecule has 0 aromatic heterocycles. The molecule has 2 aliphatic carbocycles. The van der Waals surface area contributed by atoms with Crippen molar-refractivity contribution in [2.45, 2.75) is 17.2 Å². The fourth-order valence-corrected chi connectivity index (χ4v) is 2.43. The average Bonchev–Trinajstić information content (AvgIpc) is 2.39. The van der Waals surface area contributed by atoms with Crippen molar-refractivity contribution in [1.29, 1.82) is 0 Å². The molecule has 0 bridgehead atoms. The van der Waals surface area contributed by atoms with Crippen molar-refractivity contribution >= 4 is 23.2 Å². The van der Waals surface area contributed by atoms with Crippen LogP contribution < -0.4 is 0 Å². The summed E-state index contributed by atoms with van der Waals surface area (Å²) in [5.41, 5.74) is 0.